The highest BCUT2D eigenvalue weighted by atomic mass is 19.4. The van der Waals surface area contributed by atoms with Gasteiger partial charge in [-0.3, -0.25) is 9.80 Å². The molecule has 3 unspecified atom stereocenters. The first kappa shape index (κ1) is 28.1. The average Bonchev–Trinajstić information content (AvgIpc) is 3.56. The van der Waals surface area contributed by atoms with E-state index in [1.54, 1.807) is 12.1 Å². The first-order valence-electron chi connectivity index (χ1n) is 13.4. The zero-order valence-electron chi connectivity index (χ0n) is 22.3. The van der Waals surface area contributed by atoms with Crippen LogP contribution in [0.4, 0.5) is 26.3 Å². The molecule has 2 saturated heterocycles. The minimum atomic E-state index is -4.53. The molecule has 6 nitrogen and oxygen atoms in total. The summed E-state index contributed by atoms with van der Waals surface area (Å²) in [5.41, 5.74) is -0.536. The molecule has 12 heteroatoms. The van der Waals surface area contributed by atoms with E-state index >= 15 is 13.2 Å². The number of nitrogens with zero attached hydrogens (tertiary/aromatic N) is 2. The highest BCUT2D eigenvalue weighted by Crippen LogP contribution is 2.40. The lowest BCUT2D eigenvalue weighted by Gasteiger charge is -2.37. The van der Waals surface area contributed by atoms with Gasteiger partial charge in [0.15, 0.2) is 22.8 Å². The Bertz CT molecular complexity index is 1560. The monoisotopic (exact) mass is 582 g/mol. The molecule has 2 aromatic heterocycles. The van der Waals surface area contributed by atoms with Crippen molar-refractivity contribution in [3.63, 3.8) is 0 Å². The van der Waals surface area contributed by atoms with E-state index in [2.05, 4.69) is 4.90 Å². The second-order valence-electron chi connectivity index (χ2n) is 10.8. The third kappa shape index (κ3) is 5.45. The van der Waals surface area contributed by atoms with E-state index in [1.807, 2.05) is 13.8 Å². The Morgan fingerprint density at radius 3 is 2.44 bits per heavy atom. The fraction of sp³-hybridized carbons (Fsp3) is 0.448. The molecule has 2 fully saturated rings. The number of benzene rings is 2. The van der Waals surface area contributed by atoms with E-state index in [1.165, 1.54) is 18.4 Å². The summed E-state index contributed by atoms with van der Waals surface area (Å²) >= 11 is 0. The Balaban J connectivity index is 1.35. The van der Waals surface area contributed by atoms with Crippen molar-refractivity contribution in [3.8, 4) is 0 Å². The maximum atomic E-state index is 15.7. The van der Waals surface area contributed by atoms with Crippen LogP contribution in [0.3, 0.4) is 0 Å². The van der Waals surface area contributed by atoms with Gasteiger partial charge >= 0.3 is 6.18 Å². The first-order valence-corrected chi connectivity index (χ1v) is 13.4. The second kappa shape index (κ2) is 10.6. The van der Waals surface area contributed by atoms with Crippen LogP contribution >= 0.6 is 0 Å². The number of morpholine rings is 2. The number of furan rings is 2. The summed E-state index contributed by atoms with van der Waals surface area (Å²) in [6, 6.07) is 7.22. The van der Waals surface area contributed by atoms with Crippen LogP contribution in [0.1, 0.15) is 49.0 Å². The van der Waals surface area contributed by atoms with Crippen molar-refractivity contribution in [1.82, 2.24) is 9.80 Å². The number of rotatable bonds is 5. The lowest BCUT2D eigenvalue weighted by atomic mass is 10.0. The molecule has 2 aromatic carbocycles. The molecule has 220 valence electrons. The van der Waals surface area contributed by atoms with Crippen molar-refractivity contribution in [2.24, 2.45) is 0 Å². The van der Waals surface area contributed by atoms with Gasteiger partial charge in [0.2, 0.25) is 0 Å². The first-order chi connectivity index (χ1) is 19.5. The maximum absolute atomic E-state index is 15.7. The highest BCUT2D eigenvalue weighted by Gasteiger charge is 2.39. The average molecular weight is 583 g/mol. The topological polar surface area (TPSA) is 51.2 Å². The summed E-state index contributed by atoms with van der Waals surface area (Å²) in [4.78, 5) is 3.13. The minimum absolute atomic E-state index is 0.000166. The Labute approximate surface area is 231 Å². The van der Waals surface area contributed by atoms with E-state index in [0.29, 0.717) is 18.5 Å². The molecule has 3 atom stereocenters. The van der Waals surface area contributed by atoms with Crippen LogP contribution < -0.4 is 0 Å². The number of ether oxygens (including phenoxy) is 2. The van der Waals surface area contributed by atoms with Gasteiger partial charge in [0.05, 0.1) is 31.1 Å². The molecule has 0 amide bonds. The van der Waals surface area contributed by atoms with Crippen molar-refractivity contribution in [3.05, 3.63) is 70.9 Å². The van der Waals surface area contributed by atoms with Crippen molar-refractivity contribution in [1.29, 1.82) is 0 Å². The largest absolute Gasteiger partial charge is 0.461 e. The summed E-state index contributed by atoms with van der Waals surface area (Å²) in [5, 5.41) is 0.585. The molecule has 6 rings (SSSR count). The molecular formula is C29H28F6N2O4. The zero-order chi connectivity index (χ0) is 29.1. The predicted octanol–water partition coefficient (Wildman–Crippen LogP) is 7.05. The van der Waals surface area contributed by atoms with Gasteiger partial charge in [0, 0.05) is 48.6 Å². The molecule has 4 heterocycles. The lowest BCUT2D eigenvalue weighted by molar-refractivity contribution is -0.173. The van der Waals surface area contributed by atoms with Crippen LogP contribution in [0, 0.1) is 17.5 Å². The molecule has 4 aromatic rings. The molecule has 0 spiro atoms. The van der Waals surface area contributed by atoms with Crippen LogP contribution in [0.5, 0.6) is 0 Å². The number of fused-ring (bicyclic) bond motifs is 2. The van der Waals surface area contributed by atoms with Gasteiger partial charge in [0.25, 0.3) is 0 Å². The lowest BCUT2D eigenvalue weighted by Crippen LogP contribution is -2.44. The van der Waals surface area contributed by atoms with Crippen LogP contribution in [0.15, 0.2) is 45.4 Å². The van der Waals surface area contributed by atoms with Gasteiger partial charge in [-0.2, -0.15) is 13.2 Å². The summed E-state index contributed by atoms with van der Waals surface area (Å²) in [6.07, 6.45) is -6.32. The summed E-state index contributed by atoms with van der Waals surface area (Å²) in [6.45, 7) is 3.40. The van der Waals surface area contributed by atoms with E-state index in [-0.39, 0.29) is 59.1 Å². The highest BCUT2D eigenvalue weighted by molar-refractivity contribution is 5.80. The summed E-state index contributed by atoms with van der Waals surface area (Å²) < 4.78 is 109. The molecule has 2 aliphatic rings. The third-order valence-electron chi connectivity index (χ3n) is 7.74. The van der Waals surface area contributed by atoms with Gasteiger partial charge in [-0.25, -0.2) is 13.2 Å². The Hall–Kier alpha value is -3.06. The fourth-order valence-corrected chi connectivity index (χ4v) is 5.71. The van der Waals surface area contributed by atoms with Crippen LogP contribution in [0.2, 0.25) is 0 Å². The van der Waals surface area contributed by atoms with Crippen molar-refractivity contribution in [2.75, 3.05) is 39.3 Å². The molecule has 0 radical (unpaired) electrons. The molecule has 41 heavy (non-hydrogen) atoms. The van der Waals surface area contributed by atoms with Crippen LogP contribution in [-0.2, 0) is 9.47 Å². The van der Waals surface area contributed by atoms with E-state index < -0.39 is 48.5 Å². The SMILES string of the molecule is CC(C)N1CCOC(c2c(F)cc3cc(C4CN(CC(F)(F)F)CC(c5ccc6ccoc6c5F)O4)oc3c2F)C1. The smallest absolute Gasteiger partial charge is 0.401 e. The van der Waals surface area contributed by atoms with E-state index in [9.17, 15) is 13.2 Å². The predicted molar refractivity (Wildman–Crippen MR) is 137 cm³/mol. The molecule has 0 bridgehead atoms. The van der Waals surface area contributed by atoms with Gasteiger partial charge in [-0.05, 0) is 32.0 Å². The van der Waals surface area contributed by atoms with E-state index in [4.69, 9.17) is 18.3 Å². The van der Waals surface area contributed by atoms with Crippen molar-refractivity contribution in [2.45, 2.75) is 44.4 Å². The standard InChI is InChI=1S/C29H28F6N2O4/c1-15(2)37-6-8-38-23(13-37)24-19(30)9-17-10-20(41-28(17)26(24)32)22-12-36(14-29(33,34)35)11-21(40-22)18-4-3-16-5-7-39-27(16)25(18)31/h3-5,7,9-10,15,21-23H,6,8,11-14H2,1-2H3. The van der Waals surface area contributed by atoms with Gasteiger partial charge in [-0.15, -0.1) is 0 Å². The second-order valence-corrected chi connectivity index (χ2v) is 10.8. The maximum Gasteiger partial charge on any atom is 0.401 e. The number of alkyl halides is 3. The minimum Gasteiger partial charge on any atom is -0.461 e. The van der Waals surface area contributed by atoms with E-state index in [0.717, 1.165) is 11.0 Å². The summed E-state index contributed by atoms with van der Waals surface area (Å²) in [7, 11) is 0. The number of halogens is 6. The van der Waals surface area contributed by atoms with Crippen molar-refractivity contribution >= 4 is 21.9 Å². The third-order valence-corrected chi connectivity index (χ3v) is 7.74. The fourth-order valence-electron chi connectivity index (χ4n) is 5.71. The van der Waals surface area contributed by atoms with Gasteiger partial charge in [0.1, 0.15) is 23.8 Å². The van der Waals surface area contributed by atoms with Gasteiger partial charge in [-0.1, -0.05) is 12.1 Å². The Kier molecular flexibility index (Phi) is 7.29. The number of hydrogen-bond donors (Lipinski definition) is 0. The molecule has 0 N–H and O–H groups in total. The molecule has 0 aliphatic carbocycles. The number of hydrogen-bond acceptors (Lipinski definition) is 6. The van der Waals surface area contributed by atoms with Gasteiger partial charge < -0.3 is 18.3 Å². The molecule has 0 saturated carbocycles. The summed E-state index contributed by atoms with van der Waals surface area (Å²) in [5.74, 6) is -2.49. The molecular weight excluding hydrogens is 554 g/mol. The van der Waals surface area contributed by atoms with Crippen LogP contribution in [0.25, 0.3) is 21.9 Å². The Morgan fingerprint density at radius 2 is 1.68 bits per heavy atom. The quantitative estimate of drug-likeness (QED) is 0.235. The molecule has 2 aliphatic heterocycles. The zero-order valence-corrected chi connectivity index (χ0v) is 22.3. The normalized spacial score (nSPS) is 23.3. The van der Waals surface area contributed by atoms with Crippen molar-refractivity contribution < 1.29 is 44.7 Å². The van der Waals surface area contributed by atoms with Crippen LogP contribution in [-0.4, -0.2) is 61.3 Å². The Morgan fingerprint density at radius 1 is 0.902 bits per heavy atom.